The van der Waals surface area contributed by atoms with Crippen molar-refractivity contribution in [3.63, 3.8) is 0 Å². The van der Waals surface area contributed by atoms with E-state index >= 15 is 0 Å². The minimum absolute atomic E-state index is 0.0649. The van der Waals surface area contributed by atoms with E-state index < -0.39 is 0 Å². The Hall–Kier alpha value is -1.31. The highest BCUT2D eigenvalue weighted by Gasteiger charge is 2.67. The zero-order valence-electron chi connectivity index (χ0n) is 19.5. The number of ether oxygens (including phenoxy) is 1. The Labute approximate surface area is 183 Å². The highest BCUT2D eigenvalue weighted by molar-refractivity contribution is 5.74. The lowest BCUT2D eigenvalue weighted by molar-refractivity contribution is -0.153. The van der Waals surface area contributed by atoms with Gasteiger partial charge in [-0.2, -0.15) is 0 Å². The van der Waals surface area contributed by atoms with E-state index in [4.69, 9.17) is 4.74 Å². The van der Waals surface area contributed by atoms with Gasteiger partial charge in [-0.25, -0.2) is 0 Å². The van der Waals surface area contributed by atoms with E-state index in [1.807, 2.05) is 30.3 Å². The molecule has 0 aromatic heterocycles. The monoisotopic (exact) mass is 408 g/mol. The molecule has 2 nitrogen and oxygen atoms in total. The molecule has 0 radical (unpaired) electrons. The van der Waals surface area contributed by atoms with Crippen LogP contribution in [0.3, 0.4) is 0 Å². The third-order valence-corrected chi connectivity index (χ3v) is 10.5. The number of hydrogen-bond donors (Lipinski definition) is 0. The van der Waals surface area contributed by atoms with Gasteiger partial charge in [0.2, 0.25) is 0 Å². The summed E-state index contributed by atoms with van der Waals surface area (Å²) in [4.78, 5) is 13.3. The predicted molar refractivity (Wildman–Crippen MR) is 121 cm³/mol. The summed E-state index contributed by atoms with van der Waals surface area (Å²) >= 11 is 0. The fraction of sp³-hybridized carbons (Fsp3) is 0.750. The van der Waals surface area contributed by atoms with Crippen LogP contribution in [-0.2, 0) is 16.1 Å². The van der Waals surface area contributed by atoms with E-state index in [-0.39, 0.29) is 17.3 Å². The third kappa shape index (κ3) is 3.00. The first-order chi connectivity index (χ1) is 14.2. The number of carbonyl (C=O) groups excluding carboxylic acids is 1. The molecule has 1 aromatic rings. The van der Waals surface area contributed by atoms with Crippen LogP contribution in [0.1, 0.15) is 91.0 Å². The van der Waals surface area contributed by atoms with Crippen LogP contribution >= 0.6 is 0 Å². The van der Waals surface area contributed by atoms with E-state index in [9.17, 15) is 4.79 Å². The molecule has 2 bridgehead atoms. The van der Waals surface area contributed by atoms with Crippen LogP contribution in [0.25, 0.3) is 0 Å². The van der Waals surface area contributed by atoms with Crippen molar-refractivity contribution >= 4 is 5.97 Å². The van der Waals surface area contributed by atoms with Crippen LogP contribution in [0.15, 0.2) is 30.3 Å². The Morgan fingerprint density at radius 2 is 1.70 bits per heavy atom. The molecule has 0 N–H and O–H groups in total. The van der Waals surface area contributed by atoms with Gasteiger partial charge in [0.15, 0.2) is 0 Å². The third-order valence-electron chi connectivity index (χ3n) is 10.5. The number of fused-ring (bicyclic) bond motifs is 3. The van der Waals surface area contributed by atoms with Crippen LogP contribution in [0, 0.1) is 39.4 Å². The van der Waals surface area contributed by atoms with Crippen molar-refractivity contribution in [2.75, 3.05) is 0 Å². The molecule has 4 aliphatic carbocycles. The van der Waals surface area contributed by atoms with E-state index in [2.05, 4.69) is 27.7 Å². The summed E-state index contributed by atoms with van der Waals surface area (Å²) in [5.41, 5.74) is 2.54. The van der Waals surface area contributed by atoms with Gasteiger partial charge in [-0.15, -0.1) is 0 Å². The molecule has 0 saturated heterocycles. The van der Waals surface area contributed by atoms with Crippen molar-refractivity contribution in [1.82, 2.24) is 0 Å². The van der Waals surface area contributed by atoms with Gasteiger partial charge in [0.05, 0.1) is 5.92 Å². The zero-order chi connectivity index (χ0) is 21.2. The Morgan fingerprint density at radius 1 is 0.967 bits per heavy atom. The van der Waals surface area contributed by atoms with Gasteiger partial charge < -0.3 is 4.74 Å². The molecule has 1 spiro atoms. The molecule has 30 heavy (non-hydrogen) atoms. The summed E-state index contributed by atoms with van der Waals surface area (Å²) in [5.74, 6) is 1.80. The number of hydrogen-bond acceptors (Lipinski definition) is 2. The van der Waals surface area contributed by atoms with Crippen LogP contribution in [0.4, 0.5) is 0 Å². The number of rotatable bonds is 3. The summed E-state index contributed by atoms with van der Waals surface area (Å²) in [6.45, 7) is 10.5. The average Bonchev–Trinajstić information content (AvgIpc) is 2.91. The number of esters is 1. The Bertz CT molecular complexity index is 813. The average molecular weight is 409 g/mol. The second-order valence-corrected chi connectivity index (χ2v) is 12.6. The van der Waals surface area contributed by atoms with Crippen LogP contribution in [-0.4, -0.2) is 5.97 Å². The normalized spacial score (nSPS) is 44.1. The molecule has 0 heterocycles. The van der Waals surface area contributed by atoms with Gasteiger partial charge in [0.1, 0.15) is 6.61 Å². The van der Waals surface area contributed by atoms with Crippen molar-refractivity contribution < 1.29 is 9.53 Å². The minimum Gasteiger partial charge on any atom is -0.461 e. The largest absolute Gasteiger partial charge is 0.461 e. The molecule has 2 heteroatoms. The van der Waals surface area contributed by atoms with E-state index in [1.54, 1.807) is 0 Å². The summed E-state index contributed by atoms with van der Waals surface area (Å²) < 4.78 is 5.89. The van der Waals surface area contributed by atoms with Gasteiger partial charge in [0.25, 0.3) is 0 Å². The standard InChI is InChI=1S/C28H40O2/c1-25(2)13-8-14-27(4)22(25)12-16-28-17-21(26(3,19-28)15-11-23(27)28)24(29)30-18-20-9-6-5-7-10-20/h5-7,9-10,21-23H,8,11-19H2,1-4H3/t21?,22?,23?,26?,27?,28-/m1/s1. The van der Waals surface area contributed by atoms with Gasteiger partial charge in [-0.05, 0) is 90.4 Å². The maximum Gasteiger partial charge on any atom is 0.309 e. The van der Waals surface area contributed by atoms with Crippen molar-refractivity contribution in [1.29, 1.82) is 0 Å². The van der Waals surface area contributed by atoms with E-state index in [0.717, 1.165) is 23.8 Å². The molecule has 5 rings (SSSR count). The van der Waals surface area contributed by atoms with Crippen molar-refractivity contribution in [2.45, 2.75) is 92.1 Å². The van der Waals surface area contributed by atoms with Crippen LogP contribution in [0.5, 0.6) is 0 Å². The first kappa shape index (κ1) is 20.6. The van der Waals surface area contributed by atoms with Gasteiger partial charge in [-0.1, -0.05) is 64.4 Å². The number of carbonyl (C=O) groups is 1. The molecule has 164 valence electrons. The van der Waals surface area contributed by atoms with Crippen molar-refractivity contribution in [3.8, 4) is 0 Å². The molecular formula is C28H40O2. The van der Waals surface area contributed by atoms with Crippen molar-refractivity contribution in [2.24, 2.45) is 39.4 Å². The minimum atomic E-state index is 0.0649. The fourth-order valence-corrected chi connectivity index (χ4v) is 9.29. The van der Waals surface area contributed by atoms with Crippen LogP contribution < -0.4 is 0 Å². The molecule has 4 aliphatic rings. The predicted octanol–water partition coefficient (Wildman–Crippen LogP) is 7.17. The Morgan fingerprint density at radius 3 is 2.47 bits per heavy atom. The van der Waals surface area contributed by atoms with Crippen LogP contribution in [0.2, 0.25) is 0 Å². The molecule has 6 atom stereocenters. The van der Waals surface area contributed by atoms with Crippen molar-refractivity contribution in [3.05, 3.63) is 35.9 Å². The molecule has 4 fully saturated rings. The Kier molecular flexibility index (Phi) is 4.70. The second kappa shape index (κ2) is 6.84. The smallest absolute Gasteiger partial charge is 0.309 e. The lowest BCUT2D eigenvalue weighted by Gasteiger charge is -2.64. The maximum atomic E-state index is 13.3. The molecule has 5 unspecified atom stereocenters. The first-order valence-electron chi connectivity index (χ1n) is 12.4. The molecule has 0 amide bonds. The van der Waals surface area contributed by atoms with Gasteiger partial charge in [-0.3, -0.25) is 4.79 Å². The summed E-state index contributed by atoms with van der Waals surface area (Å²) in [6, 6.07) is 10.1. The van der Waals surface area contributed by atoms with Gasteiger partial charge >= 0.3 is 5.97 Å². The molecule has 1 aromatic carbocycles. The quantitative estimate of drug-likeness (QED) is 0.496. The fourth-order valence-electron chi connectivity index (χ4n) is 9.29. The first-order valence-corrected chi connectivity index (χ1v) is 12.4. The second-order valence-electron chi connectivity index (χ2n) is 12.6. The maximum absolute atomic E-state index is 13.3. The topological polar surface area (TPSA) is 26.3 Å². The SMILES string of the molecule is CC1(C)CCCC2(C)C1CC[C@]13CC(C(=O)OCc4ccccc4)C(C)(CCC21)C3. The highest BCUT2D eigenvalue weighted by Crippen LogP contribution is 2.74. The lowest BCUT2D eigenvalue weighted by Crippen LogP contribution is -2.56. The number of benzene rings is 1. The zero-order valence-corrected chi connectivity index (χ0v) is 19.5. The molecule has 4 saturated carbocycles. The van der Waals surface area contributed by atoms with E-state index in [0.29, 0.717) is 22.9 Å². The highest BCUT2D eigenvalue weighted by atomic mass is 16.5. The Balaban J connectivity index is 1.37. The summed E-state index contributed by atoms with van der Waals surface area (Å²) in [6.07, 6.45) is 11.7. The summed E-state index contributed by atoms with van der Waals surface area (Å²) in [5, 5.41) is 0. The lowest BCUT2D eigenvalue weighted by atomic mass is 9.40. The van der Waals surface area contributed by atoms with E-state index in [1.165, 1.54) is 51.4 Å². The van der Waals surface area contributed by atoms with Gasteiger partial charge in [0, 0.05) is 0 Å². The summed E-state index contributed by atoms with van der Waals surface area (Å²) in [7, 11) is 0. The molecule has 0 aliphatic heterocycles. The molecular weight excluding hydrogens is 368 g/mol.